The highest BCUT2D eigenvalue weighted by Gasteiger charge is 2.34. The molecule has 1 fully saturated rings. The number of para-hydroxylation sites is 1. The van der Waals surface area contributed by atoms with Gasteiger partial charge in [0.2, 0.25) is 0 Å². The lowest BCUT2D eigenvalue weighted by molar-refractivity contribution is -0.113. The third-order valence-corrected chi connectivity index (χ3v) is 6.10. The number of thiocarbonyl (C=S) groups is 1. The number of thioether (sulfide) groups is 1. The Labute approximate surface area is 172 Å². The molecule has 0 saturated carbocycles. The van der Waals surface area contributed by atoms with Crippen molar-refractivity contribution in [3.8, 4) is 0 Å². The summed E-state index contributed by atoms with van der Waals surface area (Å²) in [7, 11) is 3.99. The molecule has 0 radical (unpaired) electrons. The fourth-order valence-electron chi connectivity index (χ4n) is 2.83. The van der Waals surface area contributed by atoms with Gasteiger partial charge in [0.05, 0.1) is 16.3 Å². The molecule has 3 nitrogen and oxygen atoms in total. The second kappa shape index (κ2) is 7.94. The van der Waals surface area contributed by atoms with E-state index in [4.69, 9.17) is 12.2 Å². The average Bonchev–Trinajstić information content (AvgIpc) is 2.88. The topological polar surface area (TPSA) is 23.6 Å². The van der Waals surface area contributed by atoms with Gasteiger partial charge in [0, 0.05) is 18.6 Å². The van der Waals surface area contributed by atoms with Gasteiger partial charge in [-0.15, -0.1) is 0 Å². The van der Waals surface area contributed by atoms with Crippen molar-refractivity contribution in [2.45, 2.75) is 13.3 Å². The number of halogens is 1. The molecular weight excluding hydrogens is 428 g/mol. The monoisotopic (exact) mass is 446 g/mol. The molecule has 134 valence electrons. The van der Waals surface area contributed by atoms with E-state index in [-0.39, 0.29) is 5.91 Å². The molecule has 0 spiro atoms. The van der Waals surface area contributed by atoms with E-state index >= 15 is 0 Å². The quantitative estimate of drug-likeness (QED) is 0.457. The van der Waals surface area contributed by atoms with Crippen LogP contribution in [0.5, 0.6) is 0 Å². The Morgan fingerprint density at radius 2 is 1.96 bits per heavy atom. The van der Waals surface area contributed by atoms with Crippen LogP contribution in [0.2, 0.25) is 0 Å². The number of aryl methyl sites for hydroxylation is 1. The minimum Gasteiger partial charge on any atom is -0.377 e. The summed E-state index contributed by atoms with van der Waals surface area (Å²) in [6.07, 6.45) is 2.75. The van der Waals surface area contributed by atoms with Gasteiger partial charge < -0.3 is 4.90 Å². The van der Waals surface area contributed by atoms with Crippen molar-refractivity contribution in [1.82, 2.24) is 0 Å². The molecule has 2 aromatic rings. The van der Waals surface area contributed by atoms with E-state index in [1.165, 1.54) is 11.8 Å². The van der Waals surface area contributed by atoms with Crippen molar-refractivity contribution >= 4 is 67.6 Å². The fourth-order valence-corrected chi connectivity index (χ4v) is 4.87. The molecule has 0 aromatic heterocycles. The molecule has 1 amide bonds. The van der Waals surface area contributed by atoms with Gasteiger partial charge >= 0.3 is 0 Å². The molecule has 3 rings (SSSR count). The Hall–Kier alpha value is -1.63. The molecule has 2 aromatic carbocycles. The number of benzene rings is 2. The smallest absolute Gasteiger partial charge is 0.270 e. The first-order valence-corrected chi connectivity index (χ1v) is 10.3. The lowest BCUT2D eigenvalue weighted by atomic mass is 10.1. The predicted octanol–water partition coefficient (Wildman–Crippen LogP) is 5.48. The van der Waals surface area contributed by atoms with E-state index in [1.807, 2.05) is 67.5 Å². The molecule has 1 saturated heterocycles. The third kappa shape index (κ3) is 3.72. The van der Waals surface area contributed by atoms with Crippen LogP contribution in [-0.2, 0) is 11.2 Å². The number of rotatable bonds is 4. The summed E-state index contributed by atoms with van der Waals surface area (Å²) < 4.78 is 1.56. The fraction of sp³-hybridized carbons (Fsp3) is 0.200. The van der Waals surface area contributed by atoms with Crippen LogP contribution >= 0.6 is 39.9 Å². The first kappa shape index (κ1) is 19.1. The number of nitrogens with zero attached hydrogens (tertiary/aromatic N) is 2. The van der Waals surface area contributed by atoms with E-state index in [0.29, 0.717) is 9.23 Å². The van der Waals surface area contributed by atoms with Gasteiger partial charge in [-0.1, -0.05) is 55.2 Å². The molecule has 26 heavy (non-hydrogen) atoms. The third-order valence-electron chi connectivity index (χ3n) is 4.16. The van der Waals surface area contributed by atoms with Gasteiger partial charge in [-0.25, -0.2) is 0 Å². The maximum atomic E-state index is 13.0. The number of carbonyl (C=O) groups is 1. The summed E-state index contributed by atoms with van der Waals surface area (Å²) in [5.41, 5.74) is 4.05. The van der Waals surface area contributed by atoms with Crippen molar-refractivity contribution in [3.63, 3.8) is 0 Å². The van der Waals surface area contributed by atoms with Crippen LogP contribution in [-0.4, -0.2) is 24.3 Å². The van der Waals surface area contributed by atoms with Gasteiger partial charge in [0.25, 0.3) is 5.91 Å². The molecule has 0 N–H and O–H groups in total. The number of anilines is 2. The summed E-state index contributed by atoms with van der Waals surface area (Å²) in [6.45, 7) is 2.08. The lowest BCUT2D eigenvalue weighted by Gasteiger charge is -2.18. The van der Waals surface area contributed by atoms with Crippen LogP contribution in [0.1, 0.15) is 18.1 Å². The summed E-state index contributed by atoms with van der Waals surface area (Å²) in [5.74, 6) is -0.0614. The van der Waals surface area contributed by atoms with Crippen molar-refractivity contribution in [2.75, 3.05) is 23.9 Å². The molecular formula is C20H19BrN2OS2. The highest BCUT2D eigenvalue weighted by Crippen LogP contribution is 2.38. The Morgan fingerprint density at radius 1 is 1.23 bits per heavy atom. The van der Waals surface area contributed by atoms with Crippen LogP contribution in [0.15, 0.2) is 51.8 Å². The lowest BCUT2D eigenvalue weighted by Crippen LogP contribution is -2.28. The van der Waals surface area contributed by atoms with Crippen molar-refractivity contribution in [3.05, 3.63) is 63.0 Å². The number of hydrogen-bond donors (Lipinski definition) is 0. The van der Waals surface area contributed by atoms with Gasteiger partial charge in [0.15, 0.2) is 4.32 Å². The van der Waals surface area contributed by atoms with Crippen LogP contribution in [0, 0.1) is 0 Å². The van der Waals surface area contributed by atoms with E-state index in [0.717, 1.165) is 33.4 Å². The second-order valence-corrected chi connectivity index (χ2v) is 8.63. The Bertz CT molecular complexity index is 908. The zero-order valence-corrected chi connectivity index (χ0v) is 18.0. The maximum absolute atomic E-state index is 13.0. The summed E-state index contributed by atoms with van der Waals surface area (Å²) >= 11 is 10.4. The molecule has 0 aliphatic carbocycles. The maximum Gasteiger partial charge on any atom is 0.270 e. The number of hydrogen-bond acceptors (Lipinski definition) is 4. The average molecular weight is 447 g/mol. The number of carbonyl (C=O) groups excluding carboxylic acids is 1. The van der Waals surface area contributed by atoms with Gasteiger partial charge in [-0.05, 0) is 57.8 Å². The summed E-state index contributed by atoms with van der Waals surface area (Å²) in [5, 5.41) is 0. The number of amides is 1. The molecule has 6 heteroatoms. The van der Waals surface area contributed by atoms with E-state index in [9.17, 15) is 4.79 Å². The van der Waals surface area contributed by atoms with Crippen molar-refractivity contribution in [1.29, 1.82) is 0 Å². The Balaban J connectivity index is 1.94. The highest BCUT2D eigenvalue weighted by molar-refractivity contribution is 9.10. The zero-order chi connectivity index (χ0) is 18.8. The van der Waals surface area contributed by atoms with Crippen molar-refractivity contribution < 1.29 is 4.79 Å². The molecule has 0 bridgehead atoms. The molecule has 0 unspecified atom stereocenters. The Morgan fingerprint density at radius 3 is 2.62 bits per heavy atom. The Kier molecular flexibility index (Phi) is 5.85. The van der Waals surface area contributed by atoms with E-state index in [2.05, 4.69) is 22.9 Å². The first-order chi connectivity index (χ1) is 12.4. The predicted molar refractivity (Wildman–Crippen MR) is 120 cm³/mol. The zero-order valence-electron chi connectivity index (χ0n) is 14.8. The molecule has 1 aliphatic rings. The summed E-state index contributed by atoms with van der Waals surface area (Å²) in [6, 6.07) is 14.0. The largest absolute Gasteiger partial charge is 0.377 e. The summed E-state index contributed by atoms with van der Waals surface area (Å²) in [4.78, 5) is 17.3. The molecule has 1 aliphatic heterocycles. The van der Waals surface area contributed by atoms with Crippen LogP contribution in [0.25, 0.3) is 6.08 Å². The van der Waals surface area contributed by atoms with E-state index < -0.39 is 0 Å². The second-order valence-electron chi connectivity index (χ2n) is 6.10. The van der Waals surface area contributed by atoms with Gasteiger partial charge in [-0.2, -0.15) is 0 Å². The van der Waals surface area contributed by atoms with Gasteiger partial charge in [0.1, 0.15) is 0 Å². The van der Waals surface area contributed by atoms with Crippen LogP contribution in [0.4, 0.5) is 11.4 Å². The minimum atomic E-state index is -0.0614. The molecule has 1 heterocycles. The normalized spacial score (nSPS) is 15.8. The van der Waals surface area contributed by atoms with E-state index in [1.54, 1.807) is 4.90 Å². The van der Waals surface area contributed by atoms with Crippen molar-refractivity contribution in [2.24, 2.45) is 0 Å². The van der Waals surface area contributed by atoms with Crippen LogP contribution < -0.4 is 9.80 Å². The standard InChI is InChI=1S/C20H19BrN2OS2/c1-4-14-7-5-6-8-16(14)23-19(24)18(26-20(23)25)12-13-9-10-17(22(2)3)15(21)11-13/h5-12H,4H2,1-3H3/b18-12-. The van der Waals surface area contributed by atoms with Crippen LogP contribution in [0.3, 0.4) is 0 Å². The molecule has 0 atom stereocenters. The van der Waals surface area contributed by atoms with Gasteiger partial charge in [-0.3, -0.25) is 9.69 Å². The first-order valence-electron chi connectivity index (χ1n) is 8.25. The highest BCUT2D eigenvalue weighted by atomic mass is 79.9. The minimum absolute atomic E-state index is 0.0614. The SMILES string of the molecule is CCc1ccccc1N1C(=O)/C(=C/c2ccc(N(C)C)c(Br)c2)SC1=S.